The van der Waals surface area contributed by atoms with E-state index in [9.17, 15) is 19.2 Å². The molecule has 2 aliphatic rings. The van der Waals surface area contributed by atoms with Crippen LogP contribution in [0.15, 0.2) is 30.3 Å². The number of nitrogens with zero attached hydrogens (tertiary/aromatic N) is 1. The van der Waals surface area contributed by atoms with Gasteiger partial charge < -0.3 is 14.8 Å². The topological polar surface area (TPSA) is 114 Å². The largest absolute Gasteiger partial charge is 0.454 e. The molecule has 0 bridgehead atoms. The number of nitrogens with one attached hydrogen (secondary N) is 2. The van der Waals surface area contributed by atoms with Gasteiger partial charge in [0, 0.05) is 6.61 Å². The first kappa shape index (κ1) is 19.8. The van der Waals surface area contributed by atoms with Crippen LogP contribution in [0.25, 0.3) is 0 Å². The molecule has 28 heavy (non-hydrogen) atoms. The van der Waals surface area contributed by atoms with Gasteiger partial charge in [-0.1, -0.05) is 30.3 Å². The minimum Gasteiger partial charge on any atom is -0.454 e. The van der Waals surface area contributed by atoms with E-state index in [1.165, 1.54) is 0 Å². The summed E-state index contributed by atoms with van der Waals surface area (Å²) in [6, 6.07) is 8.85. The molecular weight excluding hydrogens is 366 g/mol. The van der Waals surface area contributed by atoms with Gasteiger partial charge in [-0.2, -0.15) is 5.01 Å². The van der Waals surface area contributed by atoms with Crippen LogP contribution in [0.2, 0.25) is 0 Å². The molecule has 2 heterocycles. The summed E-state index contributed by atoms with van der Waals surface area (Å²) in [6.07, 6.45) is 1.61. The summed E-state index contributed by atoms with van der Waals surface area (Å²) in [5.74, 6) is -1.97. The fourth-order valence-corrected chi connectivity index (χ4v) is 3.14. The molecule has 3 rings (SSSR count). The van der Waals surface area contributed by atoms with Gasteiger partial charge in [0.15, 0.2) is 12.7 Å². The van der Waals surface area contributed by atoms with Crippen LogP contribution in [-0.4, -0.2) is 53.7 Å². The minimum absolute atomic E-state index is 0.377. The number of esters is 1. The van der Waals surface area contributed by atoms with E-state index in [0.29, 0.717) is 30.9 Å². The van der Waals surface area contributed by atoms with Crippen LogP contribution < -0.4 is 10.7 Å². The Labute approximate surface area is 162 Å². The number of benzene rings is 1. The molecule has 2 saturated heterocycles. The molecule has 4 amide bonds. The lowest BCUT2D eigenvalue weighted by atomic mass is 9.93. The summed E-state index contributed by atoms with van der Waals surface area (Å²) < 4.78 is 10.1. The molecule has 0 saturated carbocycles. The van der Waals surface area contributed by atoms with Crippen molar-refractivity contribution in [3.8, 4) is 0 Å². The second-order valence-corrected chi connectivity index (χ2v) is 7.03. The van der Waals surface area contributed by atoms with E-state index in [0.717, 1.165) is 12.0 Å². The third-order valence-electron chi connectivity index (χ3n) is 4.79. The van der Waals surface area contributed by atoms with Crippen molar-refractivity contribution in [3.05, 3.63) is 35.9 Å². The molecule has 1 aromatic rings. The molecule has 1 aromatic carbocycles. The highest BCUT2D eigenvalue weighted by Gasteiger charge is 2.48. The van der Waals surface area contributed by atoms with Crippen LogP contribution >= 0.6 is 0 Å². The van der Waals surface area contributed by atoms with Crippen LogP contribution in [0.1, 0.15) is 31.7 Å². The van der Waals surface area contributed by atoms with Gasteiger partial charge in [0.2, 0.25) is 0 Å². The van der Waals surface area contributed by atoms with E-state index in [-0.39, 0.29) is 0 Å². The number of ether oxygens (including phenoxy) is 2. The Balaban J connectivity index is 1.51. The number of carbonyl (C=O) groups excluding carboxylic acids is 4. The van der Waals surface area contributed by atoms with Gasteiger partial charge in [-0.15, -0.1) is 0 Å². The molecule has 2 N–H and O–H groups in total. The van der Waals surface area contributed by atoms with E-state index in [4.69, 9.17) is 9.47 Å². The summed E-state index contributed by atoms with van der Waals surface area (Å²) in [4.78, 5) is 48.5. The van der Waals surface area contributed by atoms with Crippen molar-refractivity contribution in [2.24, 2.45) is 0 Å². The quantitative estimate of drug-likeness (QED) is 0.524. The molecular formula is C19H23N3O6. The Morgan fingerprint density at radius 3 is 2.75 bits per heavy atom. The van der Waals surface area contributed by atoms with Crippen molar-refractivity contribution in [1.29, 1.82) is 0 Å². The summed E-state index contributed by atoms with van der Waals surface area (Å²) >= 11 is 0. The zero-order valence-corrected chi connectivity index (χ0v) is 15.6. The number of aryl methyl sites for hydroxylation is 1. The Kier molecular flexibility index (Phi) is 5.93. The summed E-state index contributed by atoms with van der Waals surface area (Å²) in [5.41, 5.74) is 2.10. The maximum Gasteiger partial charge on any atom is 0.344 e. The molecule has 9 heteroatoms. The summed E-state index contributed by atoms with van der Waals surface area (Å²) in [7, 11) is 0. The monoisotopic (exact) mass is 389 g/mol. The number of imide groups is 1. The van der Waals surface area contributed by atoms with Gasteiger partial charge in [-0.25, -0.2) is 9.59 Å². The highest BCUT2D eigenvalue weighted by Crippen LogP contribution is 2.22. The first-order chi connectivity index (χ1) is 13.4. The molecule has 0 aromatic heterocycles. The first-order valence-electron chi connectivity index (χ1n) is 9.17. The molecule has 0 unspecified atom stereocenters. The normalized spacial score (nSPS) is 24.2. The van der Waals surface area contributed by atoms with Gasteiger partial charge in [0.25, 0.3) is 11.8 Å². The number of carbonyl (C=O) groups is 4. The van der Waals surface area contributed by atoms with Crippen molar-refractivity contribution >= 4 is 23.8 Å². The van der Waals surface area contributed by atoms with Crippen LogP contribution in [0.3, 0.4) is 0 Å². The zero-order chi connectivity index (χ0) is 20.1. The lowest BCUT2D eigenvalue weighted by molar-refractivity contribution is -0.158. The smallest absolute Gasteiger partial charge is 0.344 e. The third-order valence-corrected chi connectivity index (χ3v) is 4.79. The molecule has 9 nitrogen and oxygen atoms in total. The summed E-state index contributed by atoms with van der Waals surface area (Å²) in [6.45, 7) is 1.49. The van der Waals surface area contributed by atoms with Gasteiger partial charge in [0.1, 0.15) is 5.54 Å². The SMILES string of the molecule is C[C@]1(CCc2ccccc2)NC(=O)N(NC(=O)COC(=O)[C@@H]2CCCO2)C1=O. The third kappa shape index (κ3) is 4.48. The number of hydrazine groups is 1. The molecule has 2 aliphatic heterocycles. The predicted molar refractivity (Wildman–Crippen MR) is 96.6 cm³/mol. The molecule has 0 radical (unpaired) electrons. The predicted octanol–water partition coefficient (Wildman–Crippen LogP) is 0.683. The van der Waals surface area contributed by atoms with Crippen LogP contribution in [-0.2, 0) is 30.3 Å². The number of hydrogen-bond acceptors (Lipinski definition) is 6. The first-order valence-corrected chi connectivity index (χ1v) is 9.17. The fourth-order valence-electron chi connectivity index (χ4n) is 3.14. The highest BCUT2D eigenvalue weighted by molar-refractivity contribution is 6.07. The molecule has 2 atom stereocenters. The van der Waals surface area contributed by atoms with Gasteiger partial charge in [-0.05, 0) is 38.2 Å². The van der Waals surface area contributed by atoms with Crippen molar-refractivity contribution in [2.45, 2.75) is 44.2 Å². The van der Waals surface area contributed by atoms with E-state index in [1.807, 2.05) is 30.3 Å². The minimum atomic E-state index is -1.13. The van der Waals surface area contributed by atoms with E-state index < -0.39 is 42.1 Å². The number of amides is 4. The lowest BCUT2D eigenvalue weighted by Gasteiger charge is -2.21. The average Bonchev–Trinajstić information content (AvgIpc) is 3.29. The van der Waals surface area contributed by atoms with Crippen molar-refractivity contribution in [3.63, 3.8) is 0 Å². The van der Waals surface area contributed by atoms with E-state index in [1.54, 1.807) is 6.92 Å². The Hall–Kier alpha value is -2.94. The van der Waals surface area contributed by atoms with Gasteiger partial charge >= 0.3 is 12.0 Å². The van der Waals surface area contributed by atoms with Crippen LogP contribution in [0.4, 0.5) is 4.79 Å². The van der Waals surface area contributed by atoms with E-state index in [2.05, 4.69) is 10.7 Å². The lowest BCUT2D eigenvalue weighted by Crippen LogP contribution is -2.50. The second-order valence-electron chi connectivity index (χ2n) is 7.03. The van der Waals surface area contributed by atoms with Crippen molar-refractivity contribution in [2.75, 3.05) is 13.2 Å². The highest BCUT2D eigenvalue weighted by atomic mass is 16.6. The van der Waals surface area contributed by atoms with Gasteiger partial charge in [-0.3, -0.25) is 15.0 Å². The van der Waals surface area contributed by atoms with Crippen molar-refractivity contribution in [1.82, 2.24) is 15.8 Å². The standard InChI is InChI=1S/C19H23N3O6/c1-19(10-9-13-6-3-2-4-7-13)17(25)22(18(26)20-19)21-15(23)12-28-16(24)14-8-5-11-27-14/h2-4,6-7,14H,5,8-12H2,1H3,(H,20,26)(H,21,23)/t14-,19+/m0/s1. The van der Waals surface area contributed by atoms with Crippen LogP contribution in [0, 0.1) is 0 Å². The van der Waals surface area contributed by atoms with Crippen molar-refractivity contribution < 1.29 is 28.7 Å². The molecule has 0 spiro atoms. The number of urea groups is 1. The number of rotatable bonds is 7. The Morgan fingerprint density at radius 2 is 2.07 bits per heavy atom. The fraction of sp³-hybridized carbons (Fsp3) is 0.474. The molecule has 0 aliphatic carbocycles. The molecule has 2 fully saturated rings. The maximum atomic E-state index is 12.6. The zero-order valence-electron chi connectivity index (χ0n) is 15.6. The Bertz CT molecular complexity index is 762. The van der Waals surface area contributed by atoms with Crippen LogP contribution in [0.5, 0.6) is 0 Å². The number of hydrogen-bond donors (Lipinski definition) is 2. The van der Waals surface area contributed by atoms with E-state index >= 15 is 0 Å². The Morgan fingerprint density at radius 1 is 1.32 bits per heavy atom. The average molecular weight is 389 g/mol. The summed E-state index contributed by atoms with van der Waals surface area (Å²) in [5, 5.41) is 3.24. The second kappa shape index (κ2) is 8.39. The molecule has 150 valence electrons. The van der Waals surface area contributed by atoms with Gasteiger partial charge in [0.05, 0.1) is 0 Å². The maximum absolute atomic E-state index is 12.6.